The predicted octanol–water partition coefficient (Wildman–Crippen LogP) is 1.36. The second-order valence-corrected chi connectivity index (χ2v) is 5.40. The van der Waals surface area contributed by atoms with Gasteiger partial charge in [0.1, 0.15) is 0 Å². The highest BCUT2D eigenvalue weighted by atomic mass is 16.4. The summed E-state index contributed by atoms with van der Waals surface area (Å²) in [6, 6.07) is 0. The molecule has 0 aromatic carbocycles. The van der Waals surface area contributed by atoms with E-state index >= 15 is 0 Å². The van der Waals surface area contributed by atoms with Gasteiger partial charge in [0.15, 0.2) is 0 Å². The lowest BCUT2D eigenvalue weighted by molar-refractivity contribution is -0.151. The van der Waals surface area contributed by atoms with Crippen molar-refractivity contribution in [2.24, 2.45) is 17.3 Å². The molecule has 0 radical (unpaired) electrons. The number of rotatable bonds is 3. The van der Waals surface area contributed by atoms with E-state index in [4.69, 9.17) is 0 Å². The van der Waals surface area contributed by atoms with E-state index in [1.165, 1.54) is 0 Å². The van der Waals surface area contributed by atoms with Gasteiger partial charge in [-0.1, -0.05) is 13.8 Å². The number of likely N-dealkylation sites (tertiary alicyclic amines) is 1. The average molecular weight is 225 g/mol. The molecule has 16 heavy (non-hydrogen) atoms. The van der Waals surface area contributed by atoms with E-state index in [9.17, 15) is 14.7 Å². The Balaban J connectivity index is 2.09. The summed E-state index contributed by atoms with van der Waals surface area (Å²) in [5, 5.41) is 9.35. The van der Waals surface area contributed by atoms with Crippen molar-refractivity contribution in [3.05, 3.63) is 0 Å². The number of aliphatic carboxylic acids is 1. The SMILES string of the molecule is CC(C)C1(C(=O)O)CCN(C(=O)C2CC2)C1. The Bertz CT molecular complexity index is 322. The number of carboxylic acid groups (broad SMARTS) is 1. The summed E-state index contributed by atoms with van der Waals surface area (Å²) in [5.41, 5.74) is -0.718. The highest BCUT2D eigenvalue weighted by Gasteiger charge is 2.49. The molecule has 1 saturated carbocycles. The van der Waals surface area contributed by atoms with Crippen LogP contribution in [0.4, 0.5) is 0 Å². The summed E-state index contributed by atoms with van der Waals surface area (Å²) in [4.78, 5) is 25.0. The van der Waals surface area contributed by atoms with E-state index in [1.807, 2.05) is 13.8 Å². The molecule has 90 valence electrons. The van der Waals surface area contributed by atoms with Crippen molar-refractivity contribution in [1.29, 1.82) is 0 Å². The van der Waals surface area contributed by atoms with Gasteiger partial charge in [0.05, 0.1) is 5.41 Å². The van der Waals surface area contributed by atoms with Crippen LogP contribution in [0.2, 0.25) is 0 Å². The van der Waals surface area contributed by atoms with Crippen LogP contribution in [0.5, 0.6) is 0 Å². The smallest absolute Gasteiger partial charge is 0.311 e. The van der Waals surface area contributed by atoms with Crippen LogP contribution in [0, 0.1) is 17.3 Å². The topological polar surface area (TPSA) is 57.6 Å². The maximum absolute atomic E-state index is 11.9. The minimum absolute atomic E-state index is 0.0713. The monoisotopic (exact) mass is 225 g/mol. The van der Waals surface area contributed by atoms with Gasteiger partial charge in [-0.3, -0.25) is 9.59 Å². The molecule has 1 unspecified atom stereocenters. The zero-order valence-electron chi connectivity index (χ0n) is 9.90. The lowest BCUT2D eigenvalue weighted by Gasteiger charge is -2.28. The van der Waals surface area contributed by atoms with Crippen molar-refractivity contribution in [2.75, 3.05) is 13.1 Å². The van der Waals surface area contributed by atoms with E-state index in [2.05, 4.69) is 0 Å². The molecule has 1 aliphatic carbocycles. The van der Waals surface area contributed by atoms with Crippen molar-refractivity contribution in [3.63, 3.8) is 0 Å². The first-order valence-electron chi connectivity index (χ1n) is 5.99. The summed E-state index contributed by atoms with van der Waals surface area (Å²) in [6.07, 6.45) is 2.56. The third-order valence-corrected chi connectivity index (χ3v) is 4.07. The summed E-state index contributed by atoms with van der Waals surface area (Å²) in [5.74, 6) is -0.323. The Kier molecular flexibility index (Phi) is 2.68. The third-order valence-electron chi connectivity index (χ3n) is 4.07. The summed E-state index contributed by atoms with van der Waals surface area (Å²) in [6.45, 7) is 4.87. The zero-order chi connectivity index (χ0) is 11.9. The lowest BCUT2D eigenvalue weighted by Crippen LogP contribution is -2.41. The van der Waals surface area contributed by atoms with E-state index in [1.54, 1.807) is 4.90 Å². The minimum Gasteiger partial charge on any atom is -0.481 e. The van der Waals surface area contributed by atoms with Crippen LogP contribution in [0.25, 0.3) is 0 Å². The van der Waals surface area contributed by atoms with Crippen molar-refractivity contribution < 1.29 is 14.7 Å². The van der Waals surface area contributed by atoms with Crippen molar-refractivity contribution in [2.45, 2.75) is 33.1 Å². The molecule has 1 N–H and O–H groups in total. The van der Waals surface area contributed by atoms with E-state index in [-0.39, 0.29) is 17.7 Å². The molecule has 2 aliphatic rings. The number of nitrogens with zero attached hydrogens (tertiary/aromatic N) is 1. The highest BCUT2D eigenvalue weighted by molar-refractivity contribution is 5.83. The normalized spacial score (nSPS) is 29.8. The Morgan fingerprint density at radius 2 is 2.00 bits per heavy atom. The van der Waals surface area contributed by atoms with Gasteiger partial charge >= 0.3 is 5.97 Å². The van der Waals surface area contributed by atoms with Crippen LogP contribution in [-0.2, 0) is 9.59 Å². The molecule has 4 nitrogen and oxygen atoms in total. The molecule has 0 aromatic heterocycles. The highest BCUT2D eigenvalue weighted by Crippen LogP contribution is 2.40. The van der Waals surface area contributed by atoms with Crippen molar-refractivity contribution in [1.82, 2.24) is 4.90 Å². The number of amides is 1. The molecule has 1 saturated heterocycles. The lowest BCUT2D eigenvalue weighted by atomic mass is 9.76. The molecule has 0 bridgehead atoms. The van der Waals surface area contributed by atoms with Gasteiger partial charge in [-0.05, 0) is 25.2 Å². The Morgan fingerprint density at radius 1 is 1.38 bits per heavy atom. The number of carboxylic acids is 1. The number of hydrogen-bond donors (Lipinski definition) is 1. The van der Waals surface area contributed by atoms with Crippen LogP contribution < -0.4 is 0 Å². The van der Waals surface area contributed by atoms with Crippen LogP contribution >= 0.6 is 0 Å². The van der Waals surface area contributed by atoms with E-state index in [0.29, 0.717) is 19.5 Å². The maximum atomic E-state index is 11.9. The fourth-order valence-corrected chi connectivity index (χ4v) is 2.50. The predicted molar refractivity (Wildman–Crippen MR) is 58.8 cm³/mol. The quantitative estimate of drug-likeness (QED) is 0.789. The first-order valence-corrected chi connectivity index (χ1v) is 5.99. The van der Waals surface area contributed by atoms with Crippen LogP contribution in [-0.4, -0.2) is 35.0 Å². The largest absolute Gasteiger partial charge is 0.481 e. The van der Waals surface area contributed by atoms with Crippen LogP contribution in [0.1, 0.15) is 33.1 Å². The van der Waals surface area contributed by atoms with E-state index in [0.717, 1.165) is 12.8 Å². The average Bonchev–Trinajstić information content (AvgIpc) is 2.94. The maximum Gasteiger partial charge on any atom is 0.311 e. The summed E-state index contributed by atoms with van der Waals surface area (Å²) < 4.78 is 0. The summed E-state index contributed by atoms with van der Waals surface area (Å²) in [7, 11) is 0. The second kappa shape index (κ2) is 3.75. The zero-order valence-corrected chi connectivity index (χ0v) is 9.90. The van der Waals surface area contributed by atoms with Gasteiger partial charge in [-0.25, -0.2) is 0 Å². The Morgan fingerprint density at radius 3 is 2.38 bits per heavy atom. The number of carbonyl (C=O) groups excluding carboxylic acids is 1. The van der Waals surface area contributed by atoms with Crippen molar-refractivity contribution in [3.8, 4) is 0 Å². The van der Waals surface area contributed by atoms with Crippen molar-refractivity contribution >= 4 is 11.9 Å². The second-order valence-electron chi connectivity index (χ2n) is 5.40. The molecule has 4 heteroatoms. The first kappa shape index (κ1) is 11.4. The standard InChI is InChI=1S/C12H19NO3/c1-8(2)12(11(15)16)5-6-13(7-12)10(14)9-3-4-9/h8-9H,3-7H2,1-2H3,(H,15,16). The fourth-order valence-electron chi connectivity index (χ4n) is 2.50. The van der Waals surface area contributed by atoms with Gasteiger partial charge < -0.3 is 10.0 Å². The van der Waals surface area contributed by atoms with Crippen LogP contribution in [0.15, 0.2) is 0 Å². The molecule has 1 amide bonds. The molecule has 1 atom stereocenters. The third kappa shape index (κ3) is 1.70. The fraction of sp³-hybridized carbons (Fsp3) is 0.833. The Labute approximate surface area is 95.6 Å². The molecule has 1 aliphatic heterocycles. The minimum atomic E-state index is -0.756. The molecular weight excluding hydrogens is 206 g/mol. The molecule has 2 rings (SSSR count). The van der Waals surface area contributed by atoms with Gasteiger partial charge in [-0.2, -0.15) is 0 Å². The number of hydrogen-bond acceptors (Lipinski definition) is 2. The van der Waals surface area contributed by atoms with Gasteiger partial charge in [0, 0.05) is 19.0 Å². The molecule has 0 spiro atoms. The molecular formula is C12H19NO3. The van der Waals surface area contributed by atoms with Gasteiger partial charge in [-0.15, -0.1) is 0 Å². The Hall–Kier alpha value is -1.06. The van der Waals surface area contributed by atoms with Gasteiger partial charge in [0.25, 0.3) is 0 Å². The molecule has 2 fully saturated rings. The summed E-state index contributed by atoms with van der Waals surface area (Å²) >= 11 is 0. The molecule has 0 aromatic rings. The number of carbonyl (C=O) groups is 2. The molecule has 1 heterocycles. The van der Waals surface area contributed by atoms with E-state index < -0.39 is 11.4 Å². The first-order chi connectivity index (χ1) is 7.47. The van der Waals surface area contributed by atoms with Crippen LogP contribution in [0.3, 0.4) is 0 Å². The van der Waals surface area contributed by atoms with Gasteiger partial charge in [0.2, 0.25) is 5.91 Å².